The lowest BCUT2D eigenvalue weighted by Gasteiger charge is -2.35. The summed E-state index contributed by atoms with van der Waals surface area (Å²) in [6.45, 7) is 5.60. The summed E-state index contributed by atoms with van der Waals surface area (Å²) in [6.07, 6.45) is 1.87. The number of rotatable bonds is 3. The molecule has 2 rings (SSSR count). The van der Waals surface area contributed by atoms with Gasteiger partial charge < -0.3 is 11.1 Å². The first-order chi connectivity index (χ1) is 9.93. The summed E-state index contributed by atoms with van der Waals surface area (Å²) in [5.41, 5.74) is 7.91. The summed E-state index contributed by atoms with van der Waals surface area (Å²) >= 11 is 0. The number of likely N-dealkylation sites (tertiary alicyclic amines) is 1. The molecule has 21 heavy (non-hydrogen) atoms. The fourth-order valence-electron chi connectivity index (χ4n) is 3.13. The van der Waals surface area contributed by atoms with Crippen LogP contribution in [0.1, 0.15) is 36.8 Å². The fourth-order valence-corrected chi connectivity index (χ4v) is 3.13. The lowest BCUT2D eigenvalue weighted by atomic mass is 9.86. The third-order valence-corrected chi connectivity index (χ3v) is 4.53. The molecule has 1 aliphatic heterocycles. The van der Waals surface area contributed by atoms with E-state index < -0.39 is 0 Å². The maximum atomic E-state index is 13.7. The van der Waals surface area contributed by atoms with Gasteiger partial charge in [-0.1, -0.05) is 0 Å². The van der Waals surface area contributed by atoms with Gasteiger partial charge in [-0.2, -0.15) is 0 Å². The van der Waals surface area contributed by atoms with Crippen LogP contribution in [0.5, 0.6) is 0 Å². The molecule has 1 amide bonds. The largest absolute Gasteiger partial charge is 0.396 e. The Labute approximate surface area is 125 Å². The van der Waals surface area contributed by atoms with Crippen LogP contribution in [0, 0.1) is 12.7 Å². The van der Waals surface area contributed by atoms with Gasteiger partial charge >= 0.3 is 0 Å². The minimum Gasteiger partial charge on any atom is -0.396 e. The van der Waals surface area contributed by atoms with E-state index in [2.05, 4.69) is 10.2 Å². The number of aryl methyl sites for hydroxylation is 1. The second-order valence-corrected chi connectivity index (χ2v) is 5.83. The molecule has 0 aromatic heterocycles. The van der Waals surface area contributed by atoms with Gasteiger partial charge in [0.05, 0.1) is 11.7 Å². The van der Waals surface area contributed by atoms with E-state index in [0.29, 0.717) is 5.92 Å². The number of nitrogens with two attached hydrogens (primary N) is 1. The van der Waals surface area contributed by atoms with Crippen LogP contribution in [0.3, 0.4) is 0 Å². The Morgan fingerprint density at radius 1 is 1.43 bits per heavy atom. The van der Waals surface area contributed by atoms with Crippen molar-refractivity contribution in [2.24, 2.45) is 0 Å². The summed E-state index contributed by atoms with van der Waals surface area (Å²) in [5.74, 6) is 0.0492. The van der Waals surface area contributed by atoms with Crippen molar-refractivity contribution in [2.45, 2.75) is 38.6 Å². The van der Waals surface area contributed by atoms with Gasteiger partial charge in [0.2, 0.25) is 5.91 Å². The van der Waals surface area contributed by atoms with Gasteiger partial charge in [0.1, 0.15) is 5.82 Å². The Morgan fingerprint density at radius 2 is 2.05 bits per heavy atom. The molecule has 1 aromatic rings. The van der Waals surface area contributed by atoms with E-state index in [1.54, 1.807) is 19.2 Å². The van der Waals surface area contributed by atoms with Crippen LogP contribution in [0.15, 0.2) is 12.1 Å². The van der Waals surface area contributed by atoms with Crippen molar-refractivity contribution in [1.82, 2.24) is 10.2 Å². The zero-order chi connectivity index (χ0) is 15.6. The van der Waals surface area contributed by atoms with Crippen molar-refractivity contribution in [1.29, 1.82) is 0 Å². The number of nitrogens with one attached hydrogen (secondary N) is 1. The zero-order valence-electron chi connectivity index (χ0n) is 12.9. The summed E-state index contributed by atoms with van der Waals surface area (Å²) in [4.78, 5) is 13.9. The highest BCUT2D eigenvalue weighted by Gasteiger charge is 2.27. The van der Waals surface area contributed by atoms with Crippen molar-refractivity contribution < 1.29 is 9.18 Å². The minimum atomic E-state index is -0.336. The Hall–Kier alpha value is -1.62. The molecule has 1 heterocycles. The number of benzene rings is 1. The van der Waals surface area contributed by atoms with Gasteiger partial charge in [0.15, 0.2) is 0 Å². The van der Waals surface area contributed by atoms with E-state index in [0.717, 1.165) is 37.1 Å². The van der Waals surface area contributed by atoms with Gasteiger partial charge in [-0.15, -0.1) is 0 Å². The van der Waals surface area contributed by atoms with Crippen molar-refractivity contribution in [2.75, 3.05) is 25.9 Å². The number of nitrogens with zero attached hydrogens (tertiary/aromatic N) is 1. The zero-order valence-corrected chi connectivity index (χ0v) is 12.9. The van der Waals surface area contributed by atoms with E-state index in [-0.39, 0.29) is 23.5 Å². The van der Waals surface area contributed by atoms with Crippen LogP contribution in [-0.2, 0) is 4.79 Å². The third kappa shape index (κ3) is 3.35. The molecule has 1 saturated heterocycles. The van der Waals surface area contributed by atoms with E-state index >= 15 is 0 Å². The van der Waals surface area contributed by atoms with Gasteiger partial charge in [0, 0.05) is 7.05 Å². The second kappa shape index (κ2) is 6.43. The summed E-state index contributed by atoms with van der Waals surface area (Å²) in [7, 11) is 1.66. The first-order valence-electron chi connectivity index (χ1n) is 7.45. The quantitative estimate of drug-likeness (QED) is 0.838. The molecule has 0 radical (unpaired) electrons. The first kappa shape index (κ1) is 15.8. The predicted octanol–water partition coefficient (Wildman–Crippen LogP) is 2.03. The van der Waals surface area contributed by atoms with Crippen molar-refractivity contribution in [3.8, 4) is 0 Å². The van der Waals surface area contributed by atoms with Gasteiger partial charge in [-0.05, 0) is 69.0 Å². The molecule has 0 spiro atoms. The summed E-state index contributed by atoms with van der Waals surface area (Å²) in [5, 5.41) is 2.68. The van der Waals surface area contributed by atoms with E-state index in [4.69, 9.17) is 5.73 Å². The number of nitrogen functional groups attached to an aromatic ring is 1. The molecule has 0 saturated carbocycles. The highest BCUT2D eigenvalue weighted by Crippen LogP contribution is 2.32. The molecule has 1 fully saturated rings. The van der Waals surface area contributed by atoms with Crippen LogP contribution in [0.4, 0.5) is 10.1 Å². The third-order valence-electron chi connectivity index (χ3n) is 4.53. The lowest BCUT2D eigenvalue weighted by molar-refractivity contribution is -0.125. The molecule has 5 heteroatoms. The highest BCUT2D eigenvalue weighted by atomic mass is 19.1. The molecule has 1 aliphatic rings. The maximum absolute atomic E-state index is 13.7. The highest BCUT2D eigenvalue weighted by molar-refractivity contribution is 5.80. The van der Waals surface area contributed by atoms with Gasteiger partial charge in [-0.25, -0.2) is 4.39 Å². The molecule has 0 unspecified atom stereocenters. The number of amides is 1. The normalized spacial score (nSPS) is 18.5. The molecule has 116 valence electrons. The van der Waals surface area contributed by atoms with Crippen LogP contribution in [-0.4, -0.2) is 37.0 Å². The summed E-state index contributed by atoms with van der Waals surface area (Å²) < 4.78 is 13.7. The predicted molar refractivity (Wildman–Crippen MR) is 82.6 cm³/mol. The number of anilines is 1. The molecule has 1 aromatic carbocycles. The number of carbonyl (C=O) groups excluding carboxylic acids is 1. The smallest absolute Gasteiger partial charge is 0.236 e. The number of hydrogen-bond donors (Lipinski definition) is 2. The van der Waals surface area contributed by atoms with Crippen LogP contribution >= 0.6 is 0 Å². The van der Waals surface area contributed by atoms with Crippen molar-refractivity contribution in [3.05, 3.63) is 29.1 Å². The number of carbonyl (C=O) groups is 1. The van der Waals surface area contributed by atoms with Crippen LogP contribution in [0.25, 0.3) is 0 Å². The number of halogens is 1. The topological polar surface area (TPSA) is 58.4 Å². The van der Waals surface area contributed by atoms with Crippen molar-refractivity contribution >= 4 is 11.6 Å². The molecule has 4 nitrogen and oxygen atoms in total. The van der Waals surface area contributed by atoms with Gasteiger partial charge in [0.25, 0.3) is 0 Å². The number of likely N-dealkylation sites (N-methyl/N-ethyl adjacent to an activating group) is 1. The standard InChI is InChI=1S/C16H24FN3O/c1-10-8-15(18)14(17)9-13(10)12-4-6-20(7-5-12)11(2)16(21)19-3/h8-9,11-12H,4-7,18H2,1-3H3,(H,19,21)/t11-/m0/s1. The van der Waals surface area contributed by atoms with E-state index in [1.807, 2.05) is 13.8 Å². The Bertz CT molecular complexity index is 524. The van der Waals surface area contributed by atoms with E-state index in [9.17, 15) is 9.18 Å². The molecule has 1 atom stereocenters. The Balaban J connectivity index is 2.04. The SMILES string of the molecule is CNC(=O)[C@H](C)N1CCC(c2cc(F)c(N)cc2C)CC1. The van der Waals surface area contributed by atoms with E-state index in [1.165, 1.54) is 0 Å². The monoisotopic (exact) mass is 293 g/mol. The fraction of sp³-hybridized carbons (Fsp3) is 0.562. The molecule has 3 N–H and O–H groups in total. The summed E-state index contributed by atoms with van der Waals surface area (Å²) in [6, 6.07) is 3.18. The Morgan fingerprint density at radius 3 is 2.62 bits per heavy atom. The number of piperidine rings is 1. The Kier molecular flexibility index (Phi) is 4.83. The number of hydrogen-bond acceptors (Lipinski definition) is 3. The molecule has 0 aliphatic carbocycles. The van der Waals surface area contributed by atoms with Crippen molar-refractivity contribution in [3.63, 3.8) is 0 Å². The van der Waals surface area contributed by atoms with Crippen LogP contribution in [0.2, 0.25) is 0 Å². The van der Waals surface area contributed by atoms with Crippen LogP contribution < -0.4 is 11.1 Å². The molecular formula is C16H24FN3O. The molecular weight excluding hydrogens is 269 g/mol. The lowest BCUT2D eigenvalue weighted by Crippen LogP contribution is -2.47. The van der Waals surface area contributed by atoms with Gasteiger partial charge in [-0.3, -0.25) is 9.69 Å². The minimum absolute atomic E-state index is 0.0446. The second-order valence-electron chi connectivity index (χ2n) is 5.83. The first-order valence-corrected chi connectivity index (χ1v) is 7.45. The average Bonchev–Trinajstić information content (AvgIpc) is 2.49. The maximum Gasteiger partial charge on any atom is 0.236 e. The molecule has 0 bridgehead atoms. The average molecular weight is 293 g/mol.